The highest BCUT2D eigenvalue weighted by molar-refractivity contribution is 7.14. The highest BCUT2D eigenvalue weighted by Crippen LogP contribution is 2.35. The van der Waals surface area contributed by atoms with Gasteiger partial charge in [-0.25, -0.2) is 9.78 Å². The molecule has 2 aromatic rings. The summed E-state index contributed by atoms with van der Waals surface area (Å²) < 4.78 is 20.3. The monoisotopic (exact) mass is 394 g/mol. The normalized spacial score (nSPS) is 10.1. The van der Waals surface area contributed by atoms with Crippen molar-refractivity contribution >= 4 is 34.3 Å². The zero-order valence-corrected chi connectivity index (χ0v) is 16.0. The number of hydrogen-bond acceptors (Lipinski definition) is 9. The Morgan fingerprint density at radius 1 is 1.11 bits per heavy atom. The minimum absolute atomic E-state index is 0.000165. The van der Waals surface area contributed by atoms with Crippen LogP contribution in [0.1, 0.15) is 34.7 Å². The van der Waals surface area contributed by atoms with Crippen LogP contribution >= 0.6 is 11.3 Å². The molecule has 0 atom stereocenters. The lowest BCUT2D eigenvalue weighted by Gasteiger charge is -2.13. The third kappa shape index (κ3) is 4.94. The highest BCUT2D eigenvalue weighted by atomic mass is 32.1. The average Bonchev–Trinajstić information content (AvgIpc) is 3.09. The van der Waals surface area contributed by atoms with E-state index >= 15 is 0 Å². The van der Waals surface area contributed by atoms with Crippen LogP contribution in [0.15, 0.2) is 17.5 Å². The first kappa shape index (κ1) is 20.2. The van der Waals surface area contributed by atoms with Crippen molar-refractivity contribution in [2.75, 3.05) is 26.1 Å². The molecule has 0 radical (unpaired) electrons. The van der Waals surface area contributed by atoms with E-state index in [0.717, 1.165) is 11.3 Å². The van der Waals surface area contributed by atoms with Gasteiger partial charge in [0.05, 0.1) is 26.4 Å². The van der Waals surface area contributed by atoms with E-state index in [1.54, 1.807) is 6.92 Å². The van der Waals surface area contributed by atoms with E-state index in [4.69, 9.17) is 18.9 Å². The van der Waals surface area contributed by atoms with Crippen molar-refractivity contribution in [3.8, 4) is 17.2 Å². The van der Waals surface area contributed by atoms with Gasteiger partial charge in [-0.1, -0.05) is 0 Å². The molecule has 0 aliphatic carbocycles. The zero-order chi connectivity index (χ0) is 20.0. The summed E-state index contributed by atoms with van der Waals surface area (Å²) >= 11 is 1.06. The molecule has 0 fully saturated rings. The molecule has 0 saturated heterocycles. The van der Waals surface area contributed by atoms with Crippen molar-refractivity contribution < 1.29 is 33.3 Å². The second kappa shape index (κ2) is 8.99. The number of carbonyl (C=O) groups excluding carboxylic acids is 3. The van der Waals surface area contributed by atoms with Crippen LogP contribution in [-0.4, -0.2) is 43.7 Å². The van der Waals surface area contributed by atoms with Gasteiger partial charge >= 0.3 is 11.9 Å². The molecular formula is C17H18N2O7S. The smallest absolute Gasteiger partial charge is 0.357 e. The lowest BCUT2D eigenvalue weighted by Crippen LogP contribution is -2.15. The first-order valence-electron chi connectivity index (χ1n) is 7.78. The van der Waals surface area contributed by atoms with Crippen LogP contribution in [0.2, 0.25) is 0 Å². The van der Waals surface area contributed by atoms with Gasteiger partial charge in [0.25, 0.3) is 5.91 Å². The molecule has 2 rings (SSSR count). The van der Waals surface area contributed by atoms with Gasteiger partial charge in [0, 0.05) is 24.4 Å². The van der Waals surface area contributed by atoms with E-state index in [-0.39, 0.29) is 34.5 Å². The van der Waals surface area contributed by atoms with Gasteiger partial charge < -0.3 is 18.9 Å². The van der Waals surface area contributed by atoms with Gasteiger partial charge in [0.2, 0.25) is 0 Å². The van der Waals surface area contributed by atoms with Gasteiger partial charge in [-0.05, 0) is 6.92 Å². The Balaban J connectivity index is 2.31. The number of anilines is 1. The van der Waals surface area contributed by atoms with Crippen LogP contribution in [0.3, 0.4) is 0 Å². The van der Waals surface area contributed by atoms with Gasteiger partial charge in [0.1, 0.15) is 5.75 Å². The van der Waals surface area contributed by atoms with E-state index < -0.39 is 17.8 Å². The maximum Gasteiger partial charge on any atom is 0.357 e. The maximum absolute atomic E-state index is 12.6. The summed E-state index contributed by atoms with van der Waals surface area (Å²) in [7, 11) is 2.83. The molecule has 1 heterocycles. The fraction of sp³-hybridized carbons (Fsp3) is 0.294. The molecule has 10 heteroatoms. The quantitative estimate of drug-likeness (QED) is 0.563. The van der Waals surface area contributed by atoms with E-state index in [1.807, 2.05) is 0 Å². The second-order valence-electron chi connectivity index (χ2n) is 5.01. The van der Waals surface area contributed by atoms with E-state index in [1.165, 1.54) is 38.7 Å². The Kier molecular flexibility index (Phi) is 6.72. The first-order valence-corrected chi connectivity index (χ1v) is 8.66. The molecule has 0 aliphatic rings. The predicted octanol–water partition coefficient (Wildman–Crippen LogP) is 2.51. The first-order chi connectivity index (χ1) is 12.9. The number of amides is 1. The Morgan fingerprint density at radius 2 is 1.78 bits per heavy atom. The topological polar surface area (TPSA) is 113 Å². The molecule has 1 N–H and O–H groups in total. The van der Waals surface area contributed by atoms with Gasteiger partial charge in [-0.2, -0.15) is 0 Å². The molecule has 0 aliphatic heterocycles. The fourth-order valence-corrected chi connectivity index (χ4v) is 2.75. The third-order valence-electron chi connectivity index (χ3n) is 3.19. The maximum atomic E-state index is 12.6. The lowest BCUT2D eigenvalue weighted by atomic mass is 10.1. The Bertz CT molecular complexity index is 863. The minimum atomic E-state index is -0.602. The van der Waals surface area contributed by atoms with Crippen LogP contribution in [0.5, 0.6) is 17.2 Å². The molecular weight excluding hydrogens is 376 g/mol. The fourth-order valence-electron chi connectivity index (χ4n) is 2.07. The van der Waals surface area contributed by atoms with Crippen molar-refractivity contribution in [1.82, 2.24) is 4.98 Å². The second-order valence-corrected chi connectivity index (χ2v) is 5.87. The molecule has 27 heavy (non-hydrogen) atoms. The number of hydrogen-bond donors (Lipinski definition) is 1. The Morgan fingerprint density at radius 3 is 2.37 bits per heavy atom. The van der Waals surface area contributed by atoms with E-state index in [9.17, 15) is 14.4 Å². The molecule has 1 aromatic carbocycles. The number of methoxy groups -OCH3 is 2. The molecule has 9 nitrogen and oxygen atoms in total. The molecule has 144 valence electrons. The zero-order valence-electron chi connectivity index (χ0n) is 15.2. The van der Waals surface area contributed by atoms with Crippen LogP contribution in [0.25, 0.3) is 0 Å². The number of carbonyl (C=O) groups is 3. The molecule has 0 unspecified atom stereocenters. The Hall–Kier alpha value is -3.14. The number of ether oxygens (including phenoxy) is 4. The molecule has 0 bridgehead atoms. The van der Waals surface area contributed by atoms with Crippen molar-refractivity contribution in [3.63, 3.8) is 0 Å². The van der Waals surface area contributed by atoms with Gasteiger partial charge in [0.15, 0.2) is 22.3 Å². The number of aromatic nitrogens is 1. The number of rotatable bonds is 7. The van der Waals surface area contributed by atoms with E-state index in [2.05, 4.69) is 10.3 Å². The lowest BCUT2D eigenvalue weighted by molar-refractivity contribution is -0.131. The number of esters is 2. The van der Waals surface area contributed by atoms with Crippen molar-refractivity contribution in [2.24, 2.45) is 0 Å². The van der Waals surface area contributed by atoms with Gasteiger partial charge in [-0.3, -0.25) is 14.9 Å². The van der Waals surface area contributed by atoms with Gasteiger partial charge in [-0.15, -0.1) is 11.3 Å². The van der Waals surface area contributed by atoms with Crippen molar-refractivity contribution in [1.29, 1.82) is 0 Å². The van der Waals surface area contributed by atoms with E-state index in [0.29, 0.717) is 5.75 Å². The summed E-state index contributed by atoms with van der Waals surface area (Å²) in [4.78, 5) is 39.7. The predicted molar refractivity (Wildman–Crippen MR) is 96.9 cm³/mol. The molecule has 1 amide bonds. The van der Waals surface area contributed by atoms with Crippen LogP contribution in [0, 0.1) is 0 Å². The summed E-state index contributed by atoms with van der Waals surface area (Å²) in [6.07, 6.45) is 0. The number of thiazole rings is 1. The Labute approximate surface area is 159 Å². The summed E-state index contributed by atoms with van der Waals surface area (Å²) in [5, 5.41) is 4.21. The summed E-state index contributed by atoms with van der Waals surface area (Å²) in [5.74, 6) is -1.21. The molecule has 1 aromatic heterocycles. The number of benzene rings is 1. The minimum Gasteiger partial charge on any atom is -0.493 e. The molecule has 0 spiro atoms. The SMILES string of the molecule is CCOC(=O)c1csc(NC(=O)c2cc(OC)c(OC)cc2OC(C)=O)n1. The molecule has 0 saturated carbocycles. The van der Waals surface area contributed by atoms with Crippen LogP contribution < -0.4 is 19.5 Å². The van der Waals surface area contributed by atoms with Crippen LogP contribution in [-0.2, 0) is 9.53 Å². The number of nitrogens with zero attached hydrogens (tertiary/aromatic N) is 1. The largest absolute Gasteiger partial charge is 0.493 e. The standard InChI is InChI=1S/C17H18N2O7S/c1-5-25-16(22)11-8-27-17(18-11)19-15(21)10-6-13(23-3)14(24-4)7-12(10)26-9(2)20/h6-8H,5H2,1-4H3,(H,18,19,21). The van der Waals surface area contributed by atoms with Crippen molar-refractivity contribution in [2.45, 2.75) is 13.8 Å². The van der Waals surface area contributed by atoms with Crippen LogP contribution in [0.4, 0.5) is 5.13 Å². The van der Waals surface area contributed by atoms with Crippen molar-refractivity contribution in [3.05, 3.63) is 28.8 Å². The number of nitrogens with one attached hydrogen (secondary N) is 1. The summed E-state index contributed by atoms with van der Waals surface area (Å²) in [6, 6.07) is 2.76. The average molecular weight is 394 g/mol. The summed E-state index contributed by atoms with van der Waals surface area (Å²) in [5.41, 5.74) is 0.125. The third-order valence-corrected chi connectivity index (χ3v) is 3.95. The highest BCUT2D eigenvalue weighted by Gasteiger charge is 2.21. The summed E-state index contributed by atoms with van der Waals surface area (Å²) in [6.45, 7) is 3.11.